The highest BCUT2D eigenvalue weighted by Gasteiger charge is 2.23. The Kier molecular flexibility index (Phi) is 7.39. The summed E-state index contributed by atoms with van der Waals surface area (Å²) in [6.45, 7) is 8.46. The van der Waals surface area contributed by atoms with Gasteiger partial charge in [0.2, 0.25) is 5.88 Å². The second kappa shape index (κ2) is 11.0. The smallest absolute Gasteiger partial charge is 0.248 e. The number of ether oxygens (including phenoxy) is 3. The van der Waals surface area contributed by atoms with Crippen LogP contribution in [0.4, 0.5) is 11.5 Å². The average Bonchev–Trinajstić information content (AvgIpc) is 3.09. The lowest BCUT2D eigenvalue weighted by atomic mass is 10.1. The minimum absolute atomic E-state index is 0.0676. The molecule has 2 aliphatic heterocycles. The molecule has 1 saturated heterocycles. The monoisotopic (exact) mass is 490 g/mol. The van der Waals surface area contributed by atoms with Gasteiger partial charge in [0.25, 0.3) is 0 Å². The molecule has 3 heterocycles. The van der Waals surface area contributed by atoms with E-state index >= 15 is 0 Å². The summed E-state index contributed by atoms with van der Waals surface area (Å²) in [6.07, 6.45) is 1.51. The third-order valence-electron chi connectivity index (χ3n) is 6.74. The largest absolute Gasteiger partial charge is 0.493 e. The van der Waals surface area contributed by atoms with Gasteiger partial charge in [0, 0.05) is 50.9 Å². The van der Waals surface area contributed by atoms with Gasteiger partial charge < -0.3 is 29.7 Å². The molecule has 0 spiro atoms. The summed E-state index contributed by atoms with van der Waals surface area (Å²) in [5.74, 6) is 3.20. The fourth-order valence-corrected chi connectivity index (χ4v) is 4.48. The van der Waals surface area contributed by atoms with E-state index in [9.17, 15) is 0 Å². The number of benzene rings is 2. The molecular weight excluding hydrogens is 456 g/mol. The molecule has 0 aliphatic carbocycles. The van der Waals surface area contributed by atoms with Crippen LogP contribution in [0.2, 0.25) is 0 Å². The summed E-state index contributed by atoms with van der Waals surface area (Å²) in [5, 5.41) is 6.95. The molecular formula is C27H34N6O3. The molecule has 2 aromatic carbocycles. The van der Waals surface area contributed by atoms with Gasteiger partial charge in [-0.2, -0.15) is 4.98 Å². The molecule has 1 atom stereocenters. The lowest BCUT2D eigenvalue weighted by molar-refractivity contribution is 0.132. The quantitative estimate of drug-likeness (QED) is 0.487. The molecule has 1 aromatic heterocycles. The number of nitrogens with one attached hydrogen (secondary N) is 2. The summed E-state index contributed by atoms with van der Waals surface area (Å²) in [4.78, 5) is 13.7. The molecule has 0 bridgehead atoms. The van der Waals surface area contributed by atoms with Crippen LogP contribution in [0.15, 0.2) is 48.8 Å². The molecule has 5 rings (SSSR count). The molecule has 2 aliphatic rings. The van der Waals surface area contributed by atoms with E-state index in [4.69, 9.17) is 14.2 Å². The third kappa shape index (κ3) is 5.47. The van der Waals surface area contributed by atoms with Gasteiger partial charge in [0.1, 0.15) is 24.4 Å². The minimum Gasteiger partial charge on any atom is -0.493 e. The van der Waals surface area contributed by atoms with Crippen LogP contribution in [0.5, 0.6) is 23.1 Å². The summed E-state index contributed by atoms with van der Waals surface area (Å²) in [7, 11) is 3.81. The first-order valence-corrected chi connectivity index (χ1v) is 12.4. The summed E-state index contributed by atoms with van der Waals surface area (Å²) < 4.78 is 18.0. The first-order valence-electron chi connectivity index (χ1n) is 12.4. The molecule has 0 radical (unpaired) electrons. The zero-order valence-corrected chi connectivity index (χ0v) is 21.2. The Morgan fingerprint density at radius 3 is 2.67 bits per heavy atom. The van der Waals surface area contributed by atoms with E-state index in [0.29, 0.717) is 42.1 Å². The fraction of sp³-hybridized carbons (Fsp3) is 0.407. The van der Waals surface area contributed by atoms with Crippen molar-refractivity contribution in [3.05, 3.63) is 59.9 Å². The van der Waals surface area contributed by atoms with Gasteiger partial charge in [-0.1, -0.05) is 30.3 Å². The van der Waals surface area contributed by atoms with Gasteiger partial charge in [-0.25, -0.2) is 4.98 Å². The van der Waals surface area contributed by atoms with Crippen molar-refractivity contribution in [3.8, 4) is 23.1 Å². The van der Waals surface area contributed by atoms with Crippen LogP contribution in [0, 0.1) is 0 Å². The maximum Gasteiger partial charge on any atom is 0.248 e. The molecule has 2 N–H and O–H groups in total. The molecule has 3 aromatic rings. The normalized spacial score (nSPS) is 16.5. The van der Waals surface area contributed by atoms with Gasteiger partial charge in [0.05, 0.1) is 13.2 Å². The number of rotatable bonds is 8. The van der Waals surface area contributed by atoms with Crippen molar-refractivity contribution in [2.24, 2.45) is 0 Å². The van der Waals surface area contributed by atoms with Crippen molar-refractivity contribution in [1.82, 2.24) is 19.8 Å². The van der Waals surface area contributed by atoms with Crippen LogP contribution < -0.4 is 24.8 Å². The Hall–Kier alpha value is -3.56. The van der Waals surface area contributed by atoms with E-state index < -0.39 is 0 Å². The number of likely N-dealkylation sites (N-methyl/N-ethyl adjacent to an activating group) is 1. The van der Waals surface area contributed by atoms with Crippen LogP contribution in [0.1, 0.15) is 24.1 Å². The number of piperazine rings is 1. The number of fused-ring (bicyclic) bond motifs is 2. The molecule has 190 valence electrons. The van der Waals surface area contributed by atoms with E-state index in [1.54, 1.807) is 7.11 Å². The Morgan fingerprint density at radius 2 is 1.89 bits per heavy atom. The molecule has 0 saturated carbocycles. The van der Waals surface area contributed by atoms with Crippen molar-refractivity contribution in [1.29, 1.82) is 0 Å². The predicted octanol–water partition coefficient (Wildman–Crippen LogP) is 4.00. The molecule has 36 heavy (non-hydrogen) atoms. The molecule has 9 nitrogen and oxygen atoms in total. The number of methoxy groups -OCH3 is 1. The lowest BCUT2D eigenvalue weighted by Crippen LogP contribution is -2.45. The number of nitrogens with zero attached hydrogens (tertiary/aromatic N) is 4. The highest BCUT2D eigenvalue weighted by Crippen LogP contribution is 2.42. The van der Waals surface area contributed by atoms with Crippen LogP contribution in [0.3, 0.4) is 0 Å². The maximum atomic E-state index is 6.24. The Bertz CT molecular complexity index is 1170. The van der Waals surface area contributed by atoms with E-state index in [-0.39, 0.29) is 6.04 Å². The van der Waals surface area contributed by atoms with Crippen molar-refractivity contribution < 1.29 is 14.2 Å². The first kappa shape index (κ1) is 24.1. The van der Waals surface area contributed by atoms with E-state index in [2.05, 4.69) is 56.5 Å². The number of hydrogen-bond donors (Lipinski definition) is 2. The topological polar surface area (TPSA) is 84.0 Å². The van der Waals surface area contributed by atoms with E-state index in [0.717, 1.165) is 44.0 Å². The zero-order valence-electron chi connectivity index (χ0n) is 21.2. The first-order chi connectivity index (χ1) is 17.6. The van der Waals surface area contributed by atoms with Crippen molar-refractivity contribution in [2.75, 3.05) is 64.1 Å². The molecule has 0 amide bonds. The summed E-state index contributed by atoms with van der Waals surface area (Å²) >= 11 is 0. The summed E-state index contributed by atoms with van der Waals surface area (Å²) in [5.41, 5.74) is 2.87. The van der Waals surface area contributed by atoms with Crippen molar-refractivity contribution in [3.63, 3.8) is 0 Å². The van der Waals surface area contributed by atoms with Gasteiger partial charge in [-0.15, -0.1) is 0 Å². The lowest BCUT2D eigenvalue weighted by Gasteiger charge is -2.32. The highest BCUT2D eigenvalue weighted by atomic mass is 16.5. The standard InChI is InChI=1S/C27H34N6O3/c1-19(20-7-5-4-6-8-20)31-26-25-27(30-18-29-26)36-22-16-23(34-3)24(15-21(22)17-28-25)35-14-13-33-11-9-32(2)10-12-33/h4-8,15-16,18-19,28H,9-14,17H2,1-3H3,(H,29,30,31)/t19-/m1/s1. The average molecular weight is 491 g/mol. The SMILES string of the molecule is COc1cc2c(cc1OCCN1CCN(C)CC1)CNc1c(N[C@H](C)c3ccccc3)ncnc1O2. The van der Waals surface area contributed by atoms with Crippen LogP contribution in [-0.2, 0) is 6.54 Å². The number of aromatic nitrogens is 2. The Labute approximate surface area is 212 Å². The molecule has 9 heteroatoms. The molecule has 1 fully saturated rings. The van der Waals surface area contributed by atoms with Crippen LogP contribution >= 0.6 is 0 Å². The van der Waals surface area contributed by atoms with Gasteiger partial charge in [0.15, 0.2) is 17.3 Å². The van der Waals surface area contributed by atoms with Crippen LogP contribution in [0.25, 0.3) is 0 Å². The van der Waals surface area contributed by atoms with Crippen molar-refractivity contribution >= 4 is 11.5 Å². The van der Waals surface area contributed by atoms with Gasteiger partial charge in [-0.05, 0) is 25.6 Å². The Balaban J connectivity index is 1.29. The number of anilines is 2. The zero-order chi connectivity index (χ0) is 24.9. The number of hydrogen-bond acceptors (Lipinski definition) is 9. The fourth-order valence-electron chi connectivity index (χ4n) is 4.48. The Morgan fingerprint density at radius 1 is 1.08 bits per heavy atom. The summed E-state index contributed by atoms with van der Waals surface area (Å²) in [6, 6.07) is 14.2. The van der Waals surface area contributed by atoms with E-state index in [1.807, 2.05) is 30.3 Å². The second-order valence-electron chi connectivity index (χ2n) is 9.24. The highest BCUT2D eigenvalue weighted by molar-refractivity contribution is 5.72. The van der Waals surface area contributed by atoms with E-state index in [1.165, 1.54) is 11.9 Å². The van der Waals surface area contributed by atoms with Crippen molar-refractivity contribution in [2.45, 2.75) is 19.5 Å². The third-order valence-corrected chi connectivity index (χ3v) is 6.74. The second-order valence-corrected chi connectivity index (χ2v) is 9.24. The van der Waals surface area contributed by atoms with Crippen LogP contribution in [-0.4, -0.2) is 73.3 Å². The van der Waals surface area contributed by atoms with Gasteiger partial charge >= 0.3 is 0 Å². The maximum absolute atomic E-state index is 6.24. The predicted molar refractivity (Wildman–Crippen MR) is 140 cm³/mol. The molecule has 0 unspecified atom stereocenters. The van der Waals surface area contributed by atoms with Gasteiger partial charge in [-0.3, -0.25) is 4.90 Å². The minimum atomic E-state index is 0.0676.